The smallest absolute Gasteiger partial charge is 0.198 e. The van der Waals surface area contributed by atoms with Gasteiger partial charge in [0.05, 0.1) is 11.4 Å². The molecule has 4 heterocycles. The molecule has 0 atom stereocenters. The molecule has 4 aromatic heterocycles. The third-order valence-electron chi connectivity index (χ3n) is 11.4. The molecule has 0 N–H and O–H groups in total. The van der Waals surface area contributed by atoms with E-state index in [2.05, 4.69) is 206 Å². The normalized spacial score (nSPS) is 12.0. The third kappa shape index (κ3) is 6.65. The summed E-state index contributed by atoms with van der Waals surface area (Å²) in [6, 6.07) is 51.9. The molecule has 0 amide bonds. The van der Waals surface area contributed by atoms with Crippen molar-refractivity contribution >= 4 is 22.6 Å². The Bertz CT molecular complexity index is 3040. The van der Waals surface area contributed by atoms with Crippen LogP contribution >= 0.6 is 0 Å². The van der Waals surface area contributed by atoms with E-state index in [1.54, 1.807) is 24.8 Å². The maximum atomic E-state index is 5.12. The van der Waals surface area contributed by atoms with Gasteiger partial charge >= 0.3 is 0 Å². The van der Waals surface area contributed by atoms with Crippen LogP contribution in [0.2, 0.25) is 0 Å². The summed E-state index contributed by atoms with van der Waals surface area (Å²) in [6.45, 7) is 13.2. The molecule has 0 unspecified atom stereocenters. The lowest BCUT2D eigenvalue weighted by atomic mass is 9.83. The summed E-state index contributed by atoms with van der Waals surface area (Å²) in [5.74, 6) is 1.77. The number of hydrogen-bond acceptors (Lipinski definition) is 6. The van der Waals surface area contributed by atoms with Crippen molar-refractivity contribution < 1.29 is 0 Å². The quantitative estimate of drug-likeness (QED) is 0.159. The minimum absolute atomic E-state index is 0.320. The van der Waals surface area contributed by atoms with Crippen LogP contribution in [0.3, 0.4) is 0 Å². The summed E-state index contributed by atoms with van der Waals surface area (Å²) in [7, 11) is 0. The van der Waals surface area contributed by atoms with Gasteiger partial charge in [0.25, 0.3) is 0 Å². The Kier molecular flexibility index (Phi) is 9.44. The molecule has 0 aliphatic rings. The highest BCUT2D eigenvalue weighted by Crippen LogP contribution is 2.48. The molecule has 0 saturated carbocycles. The van der Waals surface area contributed by atoms with Gasteiger partial charge in [-0.05, 0) is 56.6 Å². The van der Waals surface area contributed by atoms with E-state index in [0.29, 0.717) is 22.6 Å². The standard InChI is InChI=1S/C54H46N8/c1-53(2,3)51-59-47-49(57-33-31-55-47)61(51)43-29-17-27-37(35-19-9-7-10-20-35)45(43)41-25-15-13-23-39(41)40-24-14-16-26-42(40)46-38(36-21-11-8-12-22-36)28-18-30-44(46)62-50-48(56-32-34-58-50)60-52(62)54(4,5)6/h7-34H,1-6H3. The van der Waals surface area contributed by atoms with E-state index in [0.717, 1.165) is 78.7 Å². The molecule has 10 aromatic rings. The zero-order valence-electron chi connectivity index (χ0n) is 35.7. The van der Waals surface area contributed by atoms with Crippen molar-refractivity contribution in [3.8, 4) is 67.0 Å². The molecule has 10 rings (SSSR count). The summed E-state index contributed by atoms with van der Waals surface area (Å²) < 4.78 is 4.43. The van der Waals surface area contributed by atoms with Crippen LogP contribution in [-0.4, -0.2) is 39.0 Å². The van der Waals surface area contributed by atoms with Crippen LogP contribution in [0, 0.1) is 0 Å². The number of aromatic nitrogens is 8. The van der Waals surface area contributed by atoms with Crippen LogP contribution in [0.4, 0.5) is 0 Å². The van der Waals surface area contributed by atoms with Crippen molar-refractivity contribution in [2.24, 2.45) is 0 Å². The van der Waals surface area contributed by atoms with Crippen LogP contribution in [0.1, 0.15) is 53.2 Å². The summed E-state index contributed by atoms with van der Waals surface area (Å²) in [6.07, 6.45) is 6.93. The first-order chi connectivity index (χ1) is 30.1. The van der Waals surface area contributed by atoms with Crippen LogP contribution in [0.25, 0.3) is 89.6 Å². The van der Waals surface area contributed by atoms with E-state index in [1.807, 2.05) is 0 Å². The Morgan fingerprint density at radius 2 is 0.677 bits per heavy atom. The molecule has 0 aliphatic heterocycles. The lowest BCUT2D eigenvalue weighted by molar-refractivity contribution is 0.538. The van der Waals surface area contributed by atoms with E-state index in [1.165, 1.54) is 0 Å². The second-order valence-electron chi connectivity index (χ2n) is 17.7. The average molecular weight is 807 g/mol. The van der Waals surface area contributed by atoms with Gasteiger partial charge < -0.3 is 0 Å². The first kappa shape index (κ1) is 38.6. The van der Waals surface area contributed by atoms with Crippen LogP contribution in [-0.2, 0) is 10.8 Å². The average Bonchev–Trinajstić information content (AvgIpc) is 3.90. The monoisotopic (exact) mass is 806 g/mol. The largest absolute Gasteiger partial charge is 0.278 e. The topological polar surface area (TPSA) is 87.2 Å². The Morgan fingerprint density at radius 1 is 0.339 bits per heavy atom. The van der Waals surface area contributed by atoms with Crippen molar-refractivity contribution in [1.29, 1.82) is 0 Å². The van der Waals surface area contributed by atoms with Crippen molar-refractivity contribution in [2.45, 2.75) is 52.4 Å². The summed E-state index contributed by atoms with van der Waals surface area (Å²) in [4.78, 5) is 29.4. The molecular formula is C54H46N8. The zero-order valence-corrected chi connectivity index (χ0v) is 35.7. The molecule has 302 valence electrons. The first-order valence-electron chi connectivity index (χ1n) is 21.0. The van der Waals surface area contributed by atoms with E-state index < -0.39 is 0 Å². The molecule has 0 aliphatic carbocycles. The highest BCUT2D eigenvalue weighted by molar-refractivity contribution is 6.02. The molecule has 62 heavy (non-hydrogen) atoms. The maximum Gasteiger partial charge on any atom is 0.198 e. The van der Waals surface area contributed by atoms with Crippen LogP contribution in [0.5, 0.6) is 0 Å². The fraction of sp³-hybridized carbons (Fsp3) is 0.148. The molecule has 0 bridgehead atoms. The van der Waals surface area contributed by atoms with Crippen molar-refractivity contribution in [3.05, 3.63) is 182 Å². The molecule has 0 spiro atoms. The number of fused-ring (bicyclic) bond motifs is 2. The van der Waals surface area contributed by atoms with Gasteiger partial charge in [0.15, 0.2) is 22.6 Å². The fourth-order valence-electron chi connectivity index (χ4n) is 8.69. The zero-order chi connectivity index (χ0) is 42.6. The van der Waals surface area contributed by atoms with Gasteiger partial charge in [-0.15, -0.1) is 0 Å². The fourth-order valence-corrected chi connectivity index (χ4v) is 8.69. The predicted molar refractivity (Wildman–Crippen MR) is 251 cm³/mol. The number of benzene rings is 6. The van der Waals surface area contributed by atoms with Gasteiger partial charge in [-0.2, -0.15) is 0 Å². The lowest BCUT2D eigenvalue weighted by Crippen LogP contribution is -2.19. The highest BCUT2D eigenvalue weighted by atomic mass is 15.2. The number of rotatable bonds is 7. The SMILES string of the molecule is CC(C)(C)c1nc2nccnc2n1-c1cccc(-c2ccccc2)c1-c1ccccc1-c1ccccc1-c1c(-c2ccccc2)cccc1-n1c(C(C)(C)C)nc2nccnc21. The summed E-state index contributed by atoms with van der Waals surface area (Å²) >= 11 is 0. The first-order valence-corrected chi connectivity index (χ1v) is 21.0. The van der Waals surface area contributed by atoms with E-state index in [-0.39, 0.29) is 10.8 Å². The van der Waals surface area contributed by atoms with Crippen molar-refractivity contribution in [3.63, 3.8) is 0 Å². The summed E-state index contributed by atoms with van der Waals surface area (Å²) in [5.41, 5.74) is 14.9. The molecule has 8 nitrogen and oxygen atoms in total. The van der Waals surface area contributed by atoms with Gasteiger partial charge in [0, 0.05) is 46.7 Å². The molecule has 6 aromatic carbocycles. The molecule has 0 fully saturated rings. The van der Waals surface area contributed by atoms with Gasteiger partial charge in [0.1, 0.15) is 11.6 Å². The van der Waals surface area contributed by atoms with Crippen LogP contribution < -0.4 is 0 Å². The van der Waals surface area contributed by atoms with Gasteiger partial charge in [-0.3, -0.25) is 9.13 Å². The molecule has 0 saturated heterocycles. The second kappa shape index (κ2) is 15.2. The minimum Gasteiger partial charge on any atom is -0.278 e. The van der Waals surface area contributed by atoms with Crippen molar-refractivity contribution in [2.75, 3.05) is 0 Å². The Labute approximate surface area is 361 Å². The lowest BCUT2D eigenvalue weighted by Gasteiger charge is -2.26. The Morgan fingerprint density at radius 3 is 1.06 bits per heavy atom. The number of nitrogens with zero attached hydrogens (tertiary/aromatic N) is 8. The van der Waals surface area contributed by atoms with Gasteiger partial charge in [-0.25, -0.2) is 29.9 Å². The molecule has 0 radical (unpaired) electrons. The maximum absolute atomic E-state index is 5.12. The Hall–Kier alpha value is -7.58. The number of imidazole rings is 2. The van der Waals surface area contributed by atoms with Crippen LogP contribution in [0.15, 0.2) is 170 Å². The second-order valence-corrected chi connectivity index (χ2v) is 17.7. The summed E-state index contributed by atoms with van der Waals surface area (Å²) in [5, 5.41) is 0. The Balaban J connectivity index is 1.31. The molecule has 8 heteroatoms. The highest BCUT2D eigenvalue weighted by Gasteiger charge is 2.30. The van der Waals surface area contributed by atoms with E-state index in [9.17, 15) is 0 Å². The predicted octanol–water partition coefficient (Wildman–Crippen LogP) is 12.9. The minimum atomic E-state index is -0.320. The van der Waals surface area contributed by atoms with Gasteiger partial charge in [-0.1, -0.05) is 175 Å². The van der Waals surface area contributed by atoms with E-state index >= 15 is 0 Å². The molecular weight excluding hydrogens is 761 g/mol. The number of hydrogen-bond donors (Lipinski definition) is 0. The van der Waals surface area contributed by atoms with E-state index in [4.69, 9.17) is 19.9 Å². The third-order valence-corrected chi connectivity index (χ3v) is 11.4. The van der Waals surface area contributed by atoms with Crippen molar-refractivity contribution in [1.82, 2.24) is 39.0 Å². The van der Waals surface area contributed by atoms with Gasteiger partial charge in [0.2, 0.25) is 0 Å².